The van der Waals surface area contributed by atoms with Gasteiger partial charge >= 0.3 is 0 Å². The number of rotatable bonds is 4. The fourth-order valence-electron chi connectivity index (χ4n) is 1.55. The Hall–Kier alpha value is -1.97. The Kier molecular flexibility index (Phi) is 3.04. The highest BCUT2D eigenvalue weighted by molar-refractivity contribution is 5.93. The molecule has 2 aromatic rings. The van der Waals surface area contributed by atoms with Crippen LogP contribution in [0.2, 0.25) is 0 Å². The molecule has 4 nitrogen and oxygen atoms in total. The zero-order valence-corrected chi connectivity index (χ0v) is 9.90. The average molecular weight is 233 g/mol. The minimum Gasteiger partial charge on any atom is -0.472 e. The Morgan fingerprint density at radius 1 is 1.35 bits per heavy atom. The Balaban J connectivity index is 1.96. The predicted octanol–water partition coefficient (Wildman–Crippen LogP) is 2.58. The van der Waals surface area contributed by atoms with E-state index < -0.39 is 0 Å². The molecule has 0 saturated carbocycles. The molecule has 0 saturated heterocycles. The first-order chi connectivity index (χ1) is 8.09. The van der Waals surface area contributed by atoms with E-state index in [4.69, 9.17) is 8.83 Å². The fraction of sp³-hybridized carbons (Fsp3) is 0.308. The quantitative estimate of drug-likeness (QED) is 0.883. The van der Waals surface area contributed by atoms with Gasteiger partial charge in [0, 0.05) is 12.0 Å². The van der Waals surface area contributed by atoms with E-state index in [1.165, 1.54) is 12.5 Å². The van der Waals surface area contributed by atoms with Gasteiger partial charge in [0.25, 0.3) is 5.91 Å². The number of amides is 1. The predicted molar refractivity (Wildman–Crippen MR) is 62.8 cm³/mol. The summed E-state index contributed by atoms with van der Waals surface area (Å²) in [6.07, 6.45) is 4.54. The molecule has 2 rings (SSSR count). The Bertz CT molecular complexity index is 469. The molecule has 0 aliphatic carbocycles. The van der Waals surface area contributed by atoms with Gasteiger partial charge < -0.3 is 14.2 Å². The summed E-state index contributed by atoms with van der Waals surface area (Å²) in [4.78, 5) is 11.7. The van der Waals surface area contributed by atoms with Crippen LogP contribution >= 0.6 is 0 Å². The molecule has 0 aromatic carbocycles. The second kappa shape index (κ2) is 4.49. The lowest BCUT2D eigenvalue weighted by Gasteiger charge is -2.22. The summed E-state index contributed by atoms with van der Waals surface area (Å²) in [5.74, 6) is 0.711. The van der Waals surface area contributed by atoms with Crippen molar-refractivity contribution >= 4 is 5.91 Å². The van der Waals surface area contributed by atoms with Crippen LogP contribution in [0.3, 0.4) is 0 Å². The maximum Gasteiger partial charge on any atom is 0.254 e. The summed E-state index contributed by atoms with van der Waals surface area (Å²) in [5.41, 5.74) is 0.295. The molecule has 2 aromatic heterocycles. The third-order valence-electron chi connectivity index (χ3n) is 2.66. The standard InChI is InChI=1S/C13H15NO3/c1-13(2,11-4-3-6-17-11)9-14-12(15)10-5-7-16-8-10/h3-8H,9H2,1-2H3,(H,14,15). The first-order valence-electron chi connectivity index (χ1n) is 5.44. The van der Waals surface area contributed by atoms with Gasteiger partial charge in [-0.1, -0.05) is 13.8 Å². The van der Waals surface area contributed by atoms with Crippen LogP contribution < -0.4 is 5.32 Å². The van der Waals surface area contributed by atoms with Crippen molar-refractivity contribution in [3.8, 4) is 0 Å². The third kappa shape index (κ3) is 2.58. The fourth-order valence-corrected chi connectivity index (χ4v) is 1.55. The smallest absolute Gasteiger partial charge is 0.254 e. The van der Waals surface area contributed by atoms with Crippen molar-refractivity contribution < 1.29 is 13.6 Å². The monoisotopic (exact) mass is 233 g/mol. The zero-order chi connectivity index (χ0) is 12.3. The highest BCUT2D eigenvalue weighted by Gasteiger charge is 2.24. The highest BCUT2D eigenvalue weighted by Crippen LogP contribution is 2.22. The topological polar surface area (TPSA) is 55.4 Å². The number of furan rings is 2. The summed E-state index contributed by atoms with van der Waals surface area (Å²) in [6.45, 7) is 4.54. The van der Waals surface area contributed by atoms with E-state index >= 15 is 0 Å². The molecule has 17 heavy (non-hydrogen) atoms. The normalized spacial score (nSPS) is 11.4. The highest BCUT2D eigenvalue weighted by atomic mass is 16.3. The molecule has 0 unspecified atom stereocenters. The maximum atomic E-state index is 11.7. The van der Waals surface area contributed by atoms with Gasteiger partial charge in [-0.3, -0.25) is 4.79 Å². The molecule has 0 atom stereocenters. The van der Waals surface area contributed by atoms with Crippen LogP contribution in [-0.2, 0) is 5.41 Å². The number of carbonyl (C=O) groups excluding carboxylic acids is 1. The van der Waals surface area contributed by atoms with E-state index in [0.717, 1.165) is 5.76 Å². The van der Waals surface area contributed by atoms with Gasteiger partial charge in [-0.15, -0.1) is 0 Å². The van der Waals surface area contributed by atoms with Gasteiger partial charge in [0.1, 0.15) is 12.0 Å². The van der Waals surface area contributed by atoms with Crippen molar-refractivity contribution in [3.05, 3.63) is 48.3 Å². The first kappa shape index (κ1) is 11.5. The van der Waals surface area contributed by atoms with E-state index in [1.54, 1.807) is 12.3 Å². The van der Waals surface area contributed by atoms with Gasteiger partial charge in [-0.05, 0) is 18.2 Å². The van der Waals surface area contributed by atoms with Crippen molar-refractivity contribution in [3.63, 3.8) is 0 Å². The lowest BCUT2D eigenvalue weighted by molar-refractivity contribution is 0.0943. The van der Waals surface area contributed by atoms with Gasteiger partial charge in [0.15, 0.2) is 0 Å². The van der Waals surface area contributed by atoms with Crippen LogP contribution in [0.25, 0.3) is 0 Å². The second-order valence-electron chi connectivity index (χ2n) is 4.56. The summed E-state index contributed by atoms with van der Waals surface area (Å²) in [5, 5.41) is 2.85. The lowest BCUT2D eigenvalue weighted by Crippen LogP contribution is -2.36. The van der Waals surface area contributed by atoms with Crippen molar-refractivity contribution in [1.29, 1.82) is 0 Å². The molecule has 0 aliphatic rings. The van der Waals surface area contributed by atoms with Crippen LogP contribution in [-0.4, -0.2) is 12.5 Å². The molecule has 0 spiro atoms. The molecule has 1 N–H and O–H groups in total. The molecule has 2 heterocycles. The van der Waals surface area contributed by atoms with E-state index in [-0.39, 0.29) is 11.3 Å². The van der Waals surface area contributed by atoms with Crippen molar-refractivity contribution in [2.24, 2.45) is 0 Å². The van der Waals surface area contributed by atoms with Crippen molar-refractivity contribution in [2.45, 2.75) is 19.3 Å². The van der Waals surface area contributed by atoms with Gasteiger partial charge in [0.2, 0.25) is 0 Å². The van der Waals surface area contributed by atoms with Crippen LogP contribution in [0.4, 0.5) is 0 Å². The van der Waals surface area contributed by atoms with Gasteiger partial charge in [-0.2, -0.15) is 0 Å². The molecular formula is C13H15NO3. The largest absolute Gasteiger partial charge is 0.472 e. The van der Waals surface area contributed by atoms with Crippen LogP contribution in [0, 0.1) is 0 Å². The zero-order valence-electron chi connectivity index (χ0n) is 9.90. The molecule has 0 fully saturated rings. The SMILES string of the molecule is CC(C)(CNC(=O)c1ccoc1)c1ccco1. The minimum atomic E-state index is -0.233. The first-order valence-corrected chi connectivity index (χ1v) is 5.44. The number of nitrogens with one attached hydrogen (secondary N) is 1. The van der Waals surface area contributed by atoms with E-state index in [9.17, 15) is 4.79 Å². The van der Waals surface area contributed by atoms with Gasteiger partial charge in [-0.25, -0.2) is 0 Å². The van der Waals surface area contributed by atoms with E-state index in [2.05, 4.69) is 5.32 Å². The van der Waals surface area contributed by atoms with Crippen LogP contribution in [0.1, 0.15) is 30.0 Å². The Morgan fingerprint density at radius 2 is 2.18 bits per heavy atom. The molecule has 4 heteroatoms. The van der Waals surface area contributed by atoms with Crippen molar-refractivity contribution in [2.75, 3.05) is 6.54 Å². The van der Waals surface area contributed by atoms with Crippen LogP contribution in [0.15, 0.2) is 45.8 Å². The molecule has 0 bridgehead atoms. The van der Waals surface area contributed by atoms with Crippen LogP contribution in [0.5, 0.6) is 0 Å². The lowest BCUT2D eigenvalue weighted by atomic mass is 9.90. The van der Waals surface area contributed by atoms with Crippen molar-refractivity contribution in [1.82, 2.24) is 5.32 Å². The number of hydrogen-bond acceptors (Lipinski definition) is 3. The van der Waals surface area contributed by atoms with E-state index in [0.29, 0.717) is 12.1 Å². The molecule has 90 valence electrons. The molecule has 1 amide bonds. The van der Waals surface area contributed by atoms with E-state index in [1.807, 2.05) is 26.0 Å². The number of hydrogen-bond donors (Lipinski definition) is 1. The third-order valence-corrected chi connectivity index (χ3v) is 2.66. The summed E-state index contributed by atoms with van der Waals surface area (Å²) >= 11 is 0. The minimum absolute atomic E-state index is 0.140. The summed E-state index contributed by atoms with van der Waals surface area (Å²) in [7, 11) is 0. The van der Waals surface area contributed by atoms with Gasteiger partial charge in [0.05, 0.1) is 18.1 Å². The molecular weight excluding hydrogens is 218 g/mol. The summed E-state index contributed by atoms with van der Waals surface area (Å²) in [6, 6.07) is 5.38. The molecule has 0 radical (unpaired) electrons. The Morgan fingerprint density at radius 3 is 2.76 bits per heavy atom. The average Bonchev–Trinajstić information content (AvgIpc) is 2.97. The summed E-state index contributed by atoms with van der Waals surface area (Å²) < 4.78 is 10.2. The number of carbonyl (C=O) groups is 1. The maximum absolute atomic E-state index is 11.7. The molecule has 0 aliphatic heterocycles. The second-order valence-corrected chi connectivity index (χ2v) is 4.56. The Labute approximate surface area is 99.6 Å².